The fourth-order valence-electron chi connectivity index (χ4n) is 18.7. The highest BCUT2D eigenvalue weighted by molar-refractivity contribution is 6.10. The Bertz CT molecular complexity index is 6890. The van der Waals surface area contributed by atoms with E-state index in [1.807, 2.05) is 0 Å². The average Bonchev–Trinajstić information content (AvgIpc) is 0.734. The van der Waals surface area contributed by atoms with E-state index in [0.29, 0.717) is 0 Å². The lowest BCUT2D eigenvalue weighted by Gasteiger charge is -2.45. The standard InChI is InChI=1S/2C58H42N2/c2*1-4-22-50(23-5-1)58(60(53-26-8-3-9-27-53)57-29-15-21-49-39-45-17-11-13-19-47(45)41-55(49)57)36-34-43(35-37-58)42-30-32-52(33-31-42)59(51-24-6-2-7-25-51)56-28-14-20-48-38-44-16-10-12-18-46(44)40-54(48)56/h2*1-36,38-41H,37H2. The first-order valence-corrected chi connectivity index (χ1v) is 41.6. The van der Waals surface area contributed by atoms with Gasteiger partial charge in [-0.2, -0.15) is 0 Å². The SMILES string of the molecule is C1=CC(c2ccccc2)(N(c2ccccc2)c2cccc3cc4ccccc4cc23)CC=C1c1ccc(N(c2ccccc2)c2cccc3cc4ccccc4cc23)cc1.C1=CC(c2ccccc2)(N(c2ccccc2)c2cccc3cc4ccccc4cc23)CC=C1c1ccc(N(c2ccccc2)c2cccc3cc4ccccc4cc23)cc1. The number of fused-ring (bicyclic) bond motifs is 8. The summed E-state index contributed by atoms with van der Waals surface area (Å²) >= 11 is 0. The van der Waals surface area contributed by atoms with Crippen molar-refractivity contribution in [1.29, 1.82) is 0 Å². The van der Waals surface area contributed by atoms with Gasteiger partial charge in [0.1, 0.15) is 0 Å². The van der Waals surface area contributed by atoms with Crippen LogP contribution in [0.25, 0.3) is 97.3 Å². The Hall–Kier alpha value is -15.4. The highest BCUT2D eigenvalue weighted by Crippen LogP contribution is 2.52. The number of anilines is 10. The van der Waals surface area contributed by atoms with E-state index >= 15 is 0 Å². The number of hydrogen-bond acceptors (Lipinski definition) is 4. The van der Waals surface area contributed by atoms with Crippen LogP contribution in [0.3, 0.4) is 0 Å². The van der Waals surface area contributed by atoms with Crippen LogP contribution in [0.2, 0.25) is 0 Å². The fraction of sp³-hybridized carbons (Fsp3) is 0.0345. The Morgan fingerprint density at radius 1 is 0.183 bits per heavy atom. The minimum Gasteiger partial charge on any atom is -0.327 e. The maximum Gasteiger partial charge on any atom is 0.0924 e. The van der Waals surface area contributed by atoms with Gasteiger partial charge in [-0.15, -0.1) is 0 Å². The van der Waals surface area contributed by atoms with Crippen molar-refractivity contribution in [1.82, 2.24) is 0 Å². The predicted octanol–water partition coefficient (Wildman–Crippen LogP) is 31.7. The van der Waals surface area contributed by atoms with Gasteiger partial charge in [-0.25, -0.2) is 0 Å². The molecule has 0 saturated carbocycles. The van der Waals surface area contributed by atoms with Gasteiger partial charge < -0.3 is 19.6 Å². The van der Waals surface area contributed by atoms with E-state index in [4.69, 9.17) is 0 Å². The number of allylic oxidation sites excluding steroid dienone is 4. The monoisotopic (exact) mass is 1530 g/mol. The van der Waals surface area contributed by atoms with Crippen LogP contribution in [-0.2, 0) is 11.1 Å². The van der Waals surface area contributed by atoms with Crippen molar-refractivity contribution in [3.05, 3.63) is 508 Å². The highest BCUT2D eigenvalue weighted by Gasteiger charge is 2.41. The molecule has 0 spiro atoms. The molecule has 2 aliphatic carbocycles. The normalized spacial score (nSPS) is 15.0. The maximum absolute atomic E-state index is 2.57. The molecular weight excluding hydrogens is 1450 g/mol. The van der Waals surface area contributed by atoms with Crippen molar-refractivity contribution in [3.63, 3.8) is 0 Å². The molecule has 0 aliphatic heterocycles. The highest BCUT2D eigenvalue weighted by atomic mass is 15.2. The van der Waals surface area contributed by atoms with E-state index in [2.05, 4.69) is 505 Å². The molecule has 22 rings (SSSR count). The first-order chi connectivity index (χ1) is 59.4. The van der Waals surface area contributed by atoms with Gasteiger partial charge in [0.15, 0.2) is 0 Å². The molecule has 568 valence electrons. The van der Waals surface area contributed by atoms with Crippen molar-refractivity contribution in [2.75, 3.05) is 19.6 Å². The van der Waals surface area contributed by atoms with Crippen LogP contribution < -0.4 is 19.6 Å². The Balaban J connectivity index is 0.000000148. The van der Waals surface area contributed by atoms with E-state index < -0.39 is 11.1 Å². The lowest BCUT2D eigenvalue weighted by Crippen LogP contribution is -2.42. The van der Waals surface area contributed by atoms with E-state index in [1.165, 1.54) is 131 Å². The Morgan fingerprint density at radius 3 is 0.700 bits per heavy atom. The van der Waals surface area contributed by atoms with Gasteiger partial charge in [0.05, 0.1) is 33.8 Å². The zero-order valence-electron chi connectivity index (χ0n) is 66.4. The van der Waals surface area contributed by atoms with Crippen LogP contribution in [0.5, 0.6) is 0 Å². The number of hydrogen-bond donors (Lipinski definition) is 0. The fourth-order valence-corrected chi connectivity index (χ4v) is 18.7. The van der Waals surface area contributed by atoms with Gasteiger partial charge in [0, 0.05) is 55.7 Å². The van der Waals surface area contributed by atoms with Crippen molar-refractivity contribution >= 4 is 154 Å². The Morgan fingerprint density at radius 2 is 0.417 bits per heavy atom. The molecule has 4 heteroatoms. The van der Waals surface area contributed by atoms with Gasteiger partial charge in [-0.1, -0.05) is 340 Å². The third-order valence-corrected chi connectivity index (χ3v) is 24.5. The first-order valence-electron chi connectivity index (χ1n) is 41.6. The molecule has 0 bridgehead atoms. The summed E-state index contributed by atoms with van der Waals surface area (Å²) in [5.74, 6) is 0. The second-order valence-electron chi connectivity index (χ2n) is 31.5. The minimum atomic E-state index is -0.491. The van der Waals surface area contributed by atoms with Gasteiger partial charge in [0.25, 0.3) is 0 Å². The molecule has 0 fully saturated rings. The first kappa shape index (κ1) is 72.3. The summed E-state index contributed by atoms with van der Waals surface area (Å²) in [6.07, 6.45) is 16.0. The van der Waals surface area contributed by atoms with E-state index in [1.54, 1.807) is 0 Å². The summed E-state index contributed by atoms with van der Waals surface area (Å²) in [5, 5.41) is 19.8. The molecule has 0 saturated heterocycles. The van der Waals surface area contributed by atoms with Gasteiger partial charge in [-0.3, -0.25) is 0 Å². The molecule has 0 N–H and O–H groups in total. The molecule has 20 aromatic rings. The zero-order valence-corrected chi connectivity index (χ0v) is 66.4. The number of benzene rings is 20. The minimum absolute atomic E-state index is 0.491. The molecule has 0 amide bonds. The third-order valence-electron chi connectivity index (χ3n) is 24.5. The molecule has 2 aliphatic rings. The van der Waals surface area contributed by atoms with Crippen molar-refractivity contribution in [3.8, 4) is 0 Å². The zero-order chi connectivity index (χ0) is 79.8. The number of nitrogens with zero attached hydrogens (tertiary/aromatic N) is 4. The van der Waals surface area contributed by atoms with E-state index in [0.717, 1.165) is 58.3 Å². The summed E-state index contributed by atoms with van der Waals surface area (Å²) in [4.78, 5) is 9.91. The lowest BCUT2D eigenvalue weighted by molar-refractivity contribution is 0.549. The quantitative estimate of drug-likeness (QED) is 0.0894. The van der Waals surface area contributed by atoms with Crippen LogP contribution >= 0.6 is 0 Å². The second-order valence-corrected chi connectivity index (χ2v) is 31.5. The van der Waals surface area contributed by atoms with Crippen LogP contribution in [0.15, 0.2) is 485 Å². The molecule has 20 aromatic carbocycles. The molecule has 0 aromatic heterocycles. The van der Waals surface area contributed by atoms with Gasteiger partial charge >= 0.3 is 0 Å². The largest absolute Gasteiger partial charge is 0.327 e. The Kier molecular flexibility index (Phi) is 18.9. The summed E-state index contributed by atoms with van der Waals surface area (Å²) in [6, 6.07) is 163. The van der Waals surface area contributed by atoms with Crippen LogP contribution in [0, 0.1) is 0 Å². The molecule has 120 heavy (non-hydrogen) atoms. The average molecular weight is 1530 g/mol. The summed E-state index contributed by atoms with van der Waals surface area (Å²) < 4.78 is 0. The van der Waals surface area contributed by atoms with Crippen molar-refractivity contribution in [2.45, 2.75) is 23.9 Å². The molecule has 4 nitrogen and oxygen atoms in total. The summed E-state index contributed by atoms with van der Waals surface area (Å²) in [5.41, 5.74) is 17.8. The molecule has 0 radical (unpaired) electrons. The molecule has 2 atom stereocenters. The van der Waals surface area contributed by atoms with E-state index in [9.17, 15) is 0 Å². The molecular formula is C116H84N4. The predicted molar refractivity (Wildman–Crippen MR) is 512 cm³/mol. The Labute approximate surface area is 700 Å². The summed E-state index contributed by atoms with van der Waals surface area (Å²) in [6.45, 7) is 0. The molecule has 0 heterocycles. The van der Waals surface area contributed by atoms with E-state index in [-0.39, 0.29) is 0 Å². The van der Waals surface area contributed by atoms with Gasteiger partial charge in [-0.05, 0) is 256 Å². The van der Waals surface area contributed by atoms with Gasteiger partial charge in [0.2, 0.25) is 0 Å². The van der Waals surface area contributed by atoms with Crippen LogP contribution in [-0.4, -0.2) is 0 Å². The lowest BCUT2D eigenvalue weighted by atomic mass is 9.78. The smallest absolute Gasteiger partial charge is 0.0924 e. The van der Waals surface area contributed by atoms with Crippen LogP contribution in [0.1, 0.15) is 35.1 Å². The number of para-hydroxylation sites is 4. The second kappa shape index (κ2) is 31.3. The topological polar surface area (TPSA) is 13.0 Å². The number of rotatable bonds is 16. The third kappa shape index (κ3) is 13.5. The summed E-state index contributed by atoms with van der Waals surface area (Å²) in [7, 11) is 0. The van der Waals surface area contributed by atoms with Crippen molar-refractivity contribution in [2.24, 2.45) is 0 Å². The maximum atomic E-state index is 2.57. The van der Waals surface area contributed by atoms with Crippen LogP contribution in [0.4, 0.5) is 56.9 Å². The molecule has 2 unspecified atom stereocenters. The van der Waals surface area contributed by atoms with Crippen molar-refractivity contribution < 1.29 is 0 Å².